The Morgan fingerprint density at radius 3 is 2.17 bits per heavy atom. The van der Waals surface area contributed by atoms with Crippen molar-refractivity contribution in [2.75, 3.05) is 10.6 Å². The third-order valence-corrected chi connectivity index (χ3v) is 3.70. The van der Waals surface area contributed by atoms with Gasteiger partial charge in [0.15, 0.2) is 0 Å². The van der Waals surface area contributed by atoms with Crippen LogP contribution in [0.5, 0.6) is 0 Å². The summed E-state index contributed by atoms with van der Waals surface area (Å²) in [5, 5.41) is 5.74. The van der Waals surface area contributed by atoms with E-state index in [1.165, 1.54) is 0 Å². The second kappa shape index (κ2) is 7.30. The van der Waals surface area contributed by atoms with E-state index in [1.807, 2.05) is 64.1 Å². The monoisotopic (exact) mass is 324 g/mol. The Kier molecular flexibility index (Phi) is 5.39. The average Bonchev–Trinajstić information content (AvgIpc) is 2.49. The van der Waals surface area contributed by atoms with Crippen LogP contribution in [0, 0.1) is 12.3 Å². The molecule has 4 heteroatoms. The molecule has 0 heterocycles. The van der Waals surface area contributed by atoms with Crippen molar-refractivity contribution in [1.82, 2.24) is 0 Å². The van der Waals surface area contributed by atoms with Crippen LogP contribution in [0.15, 0.2) is 48.5 Å². The summed E-state index contributed by atoms with van der Waals surface area (Å²) in [6, 6.07) is 15.0. The topological polar surface area (TPSA) is 58.2 Å². The number of amides is 2. The van der Waals surface area contributed by atoms with E-state index in [-0.39, 0.29) is 11.8 Å². The van der Waals surface area contributed by atoms with Crippen LogP contribution in [-0.2, 0) is 16.0 Å². The van der Waals surface area contributed by atoms with Crippen molar-refractivity contribution in [2.45, 2.75) is 34.1 Å². The Morgan fingerprint density at radius 1 is 0.917 bits per heavy atom. The van der Waals surface area contributed by atoms with Gasteiger partial charge in [0, 0.05) is 16.8 Å². The Hall–Kier alpha value is -2.62. The third kappa shape index (κ3) is 4.95. The number of rotatable bonds is 4. The molecule has 0 saturated heterocycles. The fraction of sp³-hybridized carbons (Fsp3) is 0.300. The van der Waals surface area contributed by atoms with Gasteiger partial charge in [-0.05, 0) is 36.2 Å². The van der Waals surface area contributed by atoms with Crippen molar-refractivity contribution < 1.29 is 9.59 Å². The molecule has 0 aliphatic rings. The molecule has 126 valence electrons. The van der Waals surface area contributed by atoms with Gasteiger partial charge in [-0.2, -0.15) is 0 Å². The molecule has 0 bridgehead atoms. The zero-order valence-electron chi connectivity index (χ0n) is 14.6. The summed E-state index contributed by atoms with van der Waals surface area (Å²) in [4.78, 5) is 24.3. The van der Waals surface area contributed by atoms with Gasteiger partial charge in [-0.3, -0.25) is 9.59 Å². The van der Waals surface area contributed by atoms with E-state index in [0.29, 0.717) is 17.8 Å². The van der Waals surface area contributed by atoms with Gasteiger partial charge in [0.05, 0.1) is 6.42 Å². The lowest BCUT2D eigenvalue weighted by Crippen LogP contribution is -2.27. The number of hydrogen-bond donors (Lipinski definition) is 2. The SMILES string of the molecule is Cc1ccccc1CC(=O)Nc1cccc(NC(=O)C(C)(C)C)c1. The number of anilines is 2. The molecule has 4 nitrogen and oxygen atoms in total. The standard InChI is InChI=1S/C20H24N2O2/c1-14-8-5-6-9-15(14)12-18(23)21-16-10-7-11-17(13-16)22-19(24)20(2,3)4/h5-11,13H,12H2,1-4H3,(H,21,23)(H,22,24). The van der Waals surface area contributed by atoms with Crippen molar-refractivity contribution >= 4 is 23.2 Å². The predicted molar refractivity (Wildman–Crippen MR) is 98.0 cm³/mol. The highest BCUT2D eigenvalue weighted by Gasteiger charge is 2.21. The number of benzene rings is 2. The fourth-order valence-electron chi connectivity index (χ4n) is 2.18. The first kappa shape index (κ1) is 17.7. The highest BCUT2D eigenvalue weighted by atomic mass is 16.2. The van der Waals surface area contributed by atoms with Crippen molar-refractivity contribution in [3.8, 4) is 0 Å². The molecular formula is C20H24N2O2. The lowest BCUT2D eigenvalue weighted by Gasteiger charge is -2.18. The Bertz CT molecular complexity index is 745. The number of aryl methyl sites for hydroxylation is 1. The van der Waals surface area contributed by atoms with E-state index in [1.54, 1.807) is 12.1 Å². The molecule has 0 fully saturated rings. The van der Waals surface area contributed by atoms with Gasteiger partial charge < -0.3 is 10.6 Å². The molecule has 2 N–H and O–H groups in total. The highest BCUT2D eigenvalue weighted by molar-refractivity contribution is 5.96. The molecule has 2 aromatic carbocycles. The summed E-state index contributed by atoms with van der Waals surface area (Å²) >= 11 is 0. The number of hydrogen-bond acceptors (Lipinski definition) is 2. The van der Waals surface area contributed by atoms with Crippen LogP contribution in [0.3, 0.4) is 0 Å². The van der Waals surface area contributed by atoms with Gasteiger partial charge in [0.1, 0.15) is 0 Å². The molecule has 0 radical (unpaired) electrons. The second-order valence-corrected chi connectivity index (χ2v) is 6.94. The first-order valence-electron chi connectivity index (χ1n) is 8.01. The molecule has 0 aliphatic carbocycles. The summed E-state index contributed by atoms with van der Waals surface area (Å²) in [6.07, 6.45) is 0.325. The van der Waals surface area contributed by atoms with Crippen LogP contribution in [0.1, 0.15) is 31.9 Å². The van der Waals surface area contributed by atoms with Gasteiger partial charge in [-0.1, -0.05) is 51.1 Å². The normalized spacial score (nSPS) is 11.0. The van der Waals surface area contributed by atoms with Crippen molar-refractivity contribution in [3.05, 3.63) is 59.7 Å². The molecule has 0 unspecified atom stereocenters. The molecule has 2 aromatic rings. The number of carbonyl (C=O) groups is 2. The van der Waals surface area contributed by atoms with Gasteiger partial charge in [-0.25, -0.2) is 0 Å². The number of carbonyl (C=O) groups excluding carboxylic acids is 2. The second-order valence-electron chi connectivity index (χ2n) is 6.94. The van der Waals surface area contributed by atoms with Gasteiger partial charge in [0.2, 0.25) is 11.8 Å². The van der Waals surface area contributed by atoms with Crippen LogP contribution >= 0.6 is 0 Å². The largest absolute Gasteiger partial charge is 0.326 e. The molecule has 0 aliphatic heterocycles. The maximum absolute atomic E-state index is 12.2. The Balaban J connectivity index is 2.03. The van der Waals surface area contributed by atoms with E-state index in [4.69, 9.17) is 0 Å². The Morgan fingerprint density at radius 2 is 1.54 bits per heavy atom. The molecule has 0 atom stereocenters. The molecule has 0 aromatic heterocycles. The van der Waals surface area contributed by atoms with Gasteiger partial charge >= 0.3 is 0 Å². The molecule has 2 amide bonds. The molecular weight excluding hydrogens is 300 g/mol. The smallest absolute Gasteiger partial charge is 0.229 e. The minimum atomic E-state index is -0.468. The fourth-order valence-corrected chi connectivity index (χ4v) is 2.18. The Labute approximate surface area is 143 Å². The minimum absolute atomic E-state index is 0.0640. The molecule has 2 rings (SSSR count). The van der Waals surface area contributed by atoms with Crippen LogP contribution in [-0.4, -0.2) is 11.8 Å². The van der Waals surface area contributed by atoms with Crippen molar-refractivity contribution in [1.29, 1.82) is 0 Å². The highest BCUT2D eigenvalue weighted by Crippen LogP contribution is 2.20. The van der Waals surface area contributed by atoms with Crippen LogP contribution in [0.4, 0.5) is 11.4 Å². The quantitative estimate of drug-likeness (QED) is 0.887. The lowest BCUT2D eigenvalue weighted by atomic mass is 9.95. The van der Waals surface area contributed by atoms with Gasteiger partial charge in [-0.15, -0.1) is 0 Å². The first-order chi connectivity index (χ1) is 11.3. The summed E-state index contributed by atoms with van der Waals surface area (Å²) in [5.74, 6) is -0.144. The maximum atomic E-state index is 12.2. The summed E-state index contributed by atoms with van der Waals surface area (Å²) in [6.45, 7) is 7.56. The zero-order valence-corrected chi connectivity index (χ0v) is 14.6. The summed E-state index contributed by atoms with van der Waals surface area (Å²) in [5.41, 5.74) is 2.97. The van der Waals surface area contributed by atoms with E-state index in [9.17, 15) is 9.59 Å². The van der Waals surface area contributed by atoms with E-state index >= 15 is 0 Å². The van der Waals surface area contributed by atoms with Crippen molar-refractivity contribution in [2.24, 2.45) is 5.41 Å². The molecule has 0 spiro atoms. The number of nitrogens with one attached hydrogen (secondary N) is 2. The van der Waals surface area contributed by atoms with Crippen molar-refractivity contribution in [3.63, 3.8) is 0 Å². The summed E-state index contributed by atoms with van der Waals surface area (Å²) in [7, 11) is 0. The minimum Gasteiger partial charge on any atom is -0.326 e. The molecule has 24 heavy (non-hydrogen) atoms. The maximum Gasteiger partial charge on any atom is 0.229 e. The first-order valence-corrected chi connectivity index (χ1v) is 8.01. The van der Waals surface area contributed by atoms with Crippen LogP contribution in [0.2, 0.25) is 0 Å². The van der Waals surface area contributed by atoms with Crippen LogP contribution in [0.25, 0.3) is 0 Å². The average molecular weight is 324 g/mol. The predicted octanol–water partition coefficient (Wildman–Crippen LogP) is 4.16. The zero-order chi connectivity index (χ0) is 17.7. The van der Waals surface area contributed by atoms with E-state index in [0.717, 1.165) is 11.1 Å². The van der Waals surface area contributed by atoms with E-state index in [2.05, 4.69) is 10.6 Å². The van der Waals surface area contributed by atoms with E-state index < -0.39 is 5.41 Å². The third-order valence-electron chi connectivity index (χ3n) is 3.70. The lowest BCUT2D eigenvalue weighted by molar-refractivity contribution is -0.123. The van der Waals surface area contributed by atoms with Gasteiger partial charge in [0.25, 0.3) is 0 Å². The summed E-state index contributed by atoms with van der Waals surface area (Å²) < 4.78 is 0. The van der Waals surface area contributed by atoms with Crippen LogP contribution < -0.4 is 10.6 Å². The molecule has 0 saturated carbocycles.